The number of rotatable bonds is 3. The smallest absolute Gasteiger partial charge is 0.0960 e. The Bertz CT molecular complexity index is 394. The molecule has 2 rings (SSSR count). The highest BCUT2D eigenvalue weighted by molar-refractivity contribution is 7.09. The van der Waals surface area contributed by atoms with Crippen LogP contribution in [-0.2, 0) is 6.42 Å². The van der Waals surface area contributed by atoms with E-state index in [4.69, 9.17) is 4.42 Å². The highest BCUT2D eigenvalue weighted by atomic mass is 32.1. The maximum atomic E-state index is 9.82. The Kier molecular flexibility index (Phi) is 2.65. The molecule has 0 saturated carbocycles. The molecule has 0 saturated heterocycles. The minimum atomic E-state index is -0.493. The second-order valence-electron chi connectivity index (χ2n) is 3.14. The molecule has 4 heteroatoms. The van der Waals surface area contributed by atoms with Gasteiger partial charge in [0.25, 0.3) is 0 Å². The Morgan fingerprint density at radius 3 is 3.07 bits per heavy atom. The van der Waals surface area contributed by atoms with Gasteiger partial charge >= 0.3 is 0 Å². The van der Waals surface area contributed by atoms with E-state index < -0.39 is 6.10 Å². The summed E-state index contributed by atoms with van der Waals surface area (Å²) in [6, 6.07) is 1.78. The molecule has 0 aliphatic carbocycles. The van der Waals surface area contributed by atoms with Crippen LogP contribution in [0, 0.1) is 6.92 Å². The number of thiazole rings is 1. The monoisotopic (exact) mass is 209 g/mol. The number of aliphatic hydroxyl groups excluding tert-OH is 1. The van der Waals surface area contributed by atoms with Crippen molar-refractivity contribution in [2.45, 2.75) is 19.4 Å². The van der Waals surface area contributed by atoms with E-state index in [0.29, 0.717) is 6.42 Å². The van der Waals surface area contributed by atoms with E-state index in [-0.39, 0.29) is 0 Å². The average molecular weight is 209 g/mol. The van der Waals surface area contributed by atoms with Gasteiger partial charge in [-0.1, -0.05) is 0 Å². The highest BCUT2D eigenvalue weighted by Gasteiger charge is 2.12. The topological polar surface area (TPSA) is 46.3 Å². The van der Waals surface area contributed by atoms with Gasteiger partial charge in [0.15, 0.2) is 0 Å². The maximum Gasteiger partial charge on any atom is 0.0960 e. The van der Waals surface area contributed by atoms with Gasteiger partial charge in [-0.25, -0.2) is 4.98 Å². The number of aromatic nitrogens is 1. The summed E-state index contributed by atoms with van der Waals surface area (Å²) in [7, 11) is 0. The van der Waals surface area contributed by atoms with Crippen molar-refractivity contribution in [3.05, 3.63) is 40.2 Å². The van der Waals surface area contributed by atoms with Crippen LogP contribution in [0.4, 0.5) is 0 Å². The molecule has 74 valence electrons. The van der Waals surface area contributed by atoms with Gasteiger partial charge in [0.05, 0.1) is 29.8 Å². The summed E-state index contributed by atoms with van der Waals surface area (Å²) >= 11 is 1.57. The zero-order chi connectivity index (χ0) is 9.97. The van der Waals surface area contributed by atoms with Crippen molar-refractivity contribution in [1.82, 2.24) is 4.98 Å². The zero-order valence-electron chi connectivity index (χ0n) is 7.80. The third-order valence-electron chi connectivity index (χ3n) is 2.15. The van der Waals surface area contributed by atoms with Gasteiger partial charge in [0.2, 0.25) is 0 Å². The fraction of sp³-hybridized carbons (Fsp3) is 0.300. The maximum absolute atomic E-state index is 9.82. The van der Waals surface area contributed by atoms with Gasteiger partial charge in [-0.2, -0.15) is 0 Å². The van der Waals surface area contributed by atoms with E-state index in [1.54, 1.807) is 35.4 Å². The second-order valence-corrected chi connectivity index (χ2v) is 4.08. The molecule has 1 atom stereocenters. The quantitative estimate of drug-likeness (QED) is 0.843. The molecule has 2 aromatic heterocycles. The van der Waals surface area contributed by atoms with Crippen LogP contribution in [0.1, 0.15) is 22.2 Å². The summed E-state index contributed by atoms with van der Waals surface area (Å²) in [6.45, 7) is 1.95. The van der Waals surface area contributed by atoms with E-state index >= 15 is 0 Å². The number of aryl methyl sites for hydroxylation is 1. The summed E-state index contributed by atoms with van der Waals surface area (Å²) in [5, 5.41) is 9.82. The fourth-order valence-electron chi connectivity index (χ4n) is 1.28. The summed E-state index contributed by atoms with van der Waals surface area (Å²) in [5.41, 5.74) is 3.61. The van der Waals surface area contributed by atoms with Crippen molar-refractivity contribution >= 4 is 11.3 Å². The van der Waals surface area contributed by atoms with Crippen LogP contribution in [0.2, 0.25) is 0 Å². The SMILES string of the molecule is Cc1ncsc1CC(O)c1ccoc1. The lowest BCUT2D eigenvalue weighted by molar-refractivity contribution is 0.178. The van der Waals surface area contributed by atoms with Gasteiger partial charge in [0, 0.05) is 16.9 Å². The first-order valence-corrected chi connectivity index (χ1v) is 5.24. The minimum absolute atomic E-state index is 0.493. The average Bonchev–Trinajstić information content (AvgIpc) is 2.77. The van der Waals surface area contributed by atoms with E-state index in [9.17, 15) is 5.11 Å². The van der Waals surface area contributed by atoms with Crippen molar-refractivity contribution in [3.8, 4) is 0 Å². The first-order chi connectivity index (χ1) is 6.77. The van der Waals surface area contributed by atoms with E-state index in [1.165, 1.54) is 0 Å². The van der Waals surface area contributed by atoms with Gasteiger partial charge in [0.1, 0.15) is 0 Å². The molecule has 0 bridgehead atoms. The molecule has 1 unspecified atom stereocenters. The van der Waals surface area contributed by atoms with Gasteiger partial charge in [-0.3, -0.25) is 0 Å². The molecular formula is C10H11NO2S. The number of hydrogen-bond donors (Lipinski definition) is 1. The third-order valence-corrected chi connectivity index (χ3v) is 3.11. The number of furan rings is 1. The summed E-state index contributed by atoms with van der Waals surface area (Å²) < 4.78 is 4.91. The molecule has 3 nitrogen and oxygen atoms in total. The van der Waals surface area contributed by atoms with E-state index in [1.807, 2.05) is 6.92 Å². The lowest BCUT2D eigenvalue weighted by Gasteiger charge is -2.06. The normalized spacial score (nSPS) is 13.0. The second kappa shape index (κ2) is 3.94. The predicted molar refractivity (Wildman–Crippen MR) is 54.2 cm³/mol. The molecule has 0 radical (unpaired) electrons. The molecular weight excluding hydrogens is 198 g/mol. The Balaban J connectivity index is 2.09. The third kappa shape index (κ3) is 1.86. The molecule has 14 heavy (non-hydrogen) atoms. The van der Waals surface area contributed by atoms with Crippen molar-refractivity contribution in [2.24, 2.45) is 0 Å². The van der Waals surface area contributed by atoms with E-state index in [2.05, 4.69) is 4.98 Å². The molecule has 0 aromatic carbocycles. The van der Waals surface area contributed by atoms with E-state index in [0.717, 1.165) is 16.1 Å². The standard InChI is InChI=1S/C10H11NO2S/c1-7-10(14-6-11-7)4-9(12)8-2-3-13-5-8/h2-3,5-6,9,12H,4H2,1H3. The van der Waals surface area contributed by atoms with Crippen LogP contribution in [0.3, 0.4) is 0 Å². The van der Waals surface area contributed by atoms with Crippen molar-refractivity contribution in [2.75, 3.05) is 0 Å². The molecule has 2 heterocycles. The van der Waals surface area contributed by atoms with Crippen LogP contribution in [0.15, 0.2) is 28.5 Å². The highest BCUT2D eigenvalue weighted by Crippen LogP contribution is 2.22. The lowest BCUT2D eigenvalue weighted by Crippen LogP contribution is -1.99. The molecule has 0 amide bonds. The molecule has 2 aromatic rings. The molecule has 0 aliphatic heterocycles. The largest absolute Gasteiger partial charge is 0.472 e. The summed E-state index contributed by atoms with van der Waals surface area (Å²) in [5.74, 6) is 0. The van der Waals surface area contributed by atoms with Gasteiger partial charge in [-0.15, -0.1) is 11.3 Å². The first kappa shape index (κ1) is 9.43. The van der Waals surface area contributed by atoms with Crippen molar-refractivity contribution in [3.63, 3.8) is 0 Å². The number of hydrogen-bond acceptors (Lipinski definition) is 4. The number of aliphatic hydroxyl groups is 1. The Morgan fingerprint density at radius 2 is 2.50 bits per heavy atom. The van der Waals surface area contributed by atoms with Crippen molar-refractivity contribution < 1.29 is 9.52 Å². The predicted octanol–water partition coefficient (Wildman–Crippen LogP) is 2.32. The van der Waals surface area contributed by atoms with Gasteiger partial charge in [-0.05, 0) is 13.0 Å². The Labute approximate surface area is 86.0 Å². The zero-order valence-corrected chi connectivity index (χ0v) is 8.62. The first-order valence-electron chi connectivity index (χ1n) is 4.36. The molecule has 0 fully saturated rings. The van der Waals surface area contributed by atoms with Crippen LogP contribution in [0.25, 0.3) is 0 Å². The summed E-state index contributed by atoms with van der Waals surface area (Å²) in [4.78, 5) is 5.26. The minimum Gasteiger partial charge on any atom is -0.472 e. The van der Waals surface area contributed by atoms with Gasteiger partial charge < -0.3 is 9.52 Å². The van der Waals surface area contributed by atoms with Crippen molar-refractivity contribution in [1.29, 1.82) is 0 Å². The molecule has 0 aliphatic rings. The molecule has 0 spiro atoms. The lowest BCUT2D eigenvalue weighted by atomic mass is 10.1. The Hall–Kier alpha value is -1.13. The van der Waals surface area contributed by atoms with Crippen LogP contribution in [0.5, 0.6) is 0 Å². The summed E-state index contributed by atoms with van der Waals surface area (Å²) in [6.07, 6.45) is 3.25. The van der Waals surface area contributed by atoms with Crippen LogP contribution >= 0.6 is 11.3 Å². The molecule has 1 N–H and O–H groups in total. The van der Waals surface area contributed by atoms with Crippen LogP contribution in [-0.4, -0.2) is 10.1 Å². The van der Waals surface area contributed by atoms with Crippen LogP contribution < -0.4 is 0 Å². The fourth-order valence-corrected chi connectivity index (χ4v) is 2.10. The number of nitrogens with zero attached hydrogens (tertiary/aromatic N) is 1. The Morgan fingerprint density at radius 1 is 1.64 bits per heavy atom.